The van der Waals surface area contributed by atoms with Gasteiger partial charge in [0.05, 0.1) is 0 Å². The topological polar surface area (TPSA) is 78.0 Å². The predicted molar refractivity (Wildman–Crippen MR) is 77.3 cm³/mol. The summed E-state index contributed by atoms with van der Waals surface area (Å²) in [6.45, 7) is 0.677. The first-order valence-corrected chi connectivity index (χ1v) is 6.64. The van der Waals surface area contributed by atoms with Gasteiger partial charge in [-0.15, -0.1) is 0 Å². The van der Waals surface area contributed by atoms with Crippen LogP contribution in [-0.2, 0) is 6.42 Å². The number of aromatic amines is 1. The van der Waals surface area contributed by atoms with Crippen LogP contribution < -0.4 is 10.9 Å². The van der Waals surface area contributed by atoms with Crippen LogP contribution in [0.25, 0.3) is 11.1 Å². The number of benzene rings is 1. The lowest BCUT2D eigenvalue weighted by molar-refractivity contribution is 0.449. The molecule has 0 fully saturated rings. The second-order valence-electron chi connectivity index (χ2n) is 4.04. The number of likely N-dealkylation sites (N-methyl/N-ethyl adjacent to an activating group) is 1. The minimum atomic E-state index is -0.342. The van der Waals surface area contributed by atoms with Gasteiger partial charge in [-0.1, -0.05) is 34.1 Å². The van der Waals surface area contributed by atoms with E-state index in [1.165, 1.54) is 0 Å². The maximum absolute atomic E-state index is 12.1. The molecule has 2 aromatic rings. The molecule has 0 spiro atoms. The van der Waals surface area contributed by atoms with Crippen molar-refractivity contribution in [2.45, 2.75) is 6.42 Å². The first-order chi connectivity index (χ1) is 9.13. The van der Waals surface area contributed by atoms with Gasteiger partial charge >= 0.3 is 0 Å². The molecule has 1 heterocycles. The fourth-order valence-electron chi connectivity index (χ4n) is 1.78. The summed E-state index contributed by atoms with van der Waals surface area (Å²) in [7, 11) is 1.81. The average molecular weight is 324 g/mol. The van der Waals surface area contributed by atoms with E-state index in [1.54, 1.807) is 12.1 Å². The lowest BCUT2D eigenvalue weighted by Gasteiger charge is -2.07. The van der Waals surface area contributed by atoms with Crippen LogP contribution in [0.15, 0.2) is 33.5 Å². The van der Waals surface area contributed by atoms with Gasteiger partial charge in [0.25, 0.3) is 5.56 Å². The van der Waals surface area contributed by atoms with Gasteiger partial charge in [0.1, 0.15) is 11.4 Å². The molecule has 0 aliphatic heterocycles. The van der Waals surface area contributed by atoms with Crippen LogP contribution in [0.4, 0.5) is 0 Å². The van der Waals surface area contributed by atoms with Gasteiger partial charge in [0.2, 0.25) is 5.88 Å². The summed E-state index contributed by atoms with van der Waals surface area (Å²) < 4.78 is 0.737. The fourth-order valence-corrected chi connectivity index (χ4v) is 2.26. The summed E-state index contributed by atoms with van der Waals surface area (Å²) in [4.78, 5) is 18.8. The molecule has 19 heavy (non-hydrogen) atoms. The zero-order chi connectivity index (χ0) is 13.8. The van der Waals surface area contributed by atoms with Crippen LogP contribution >= 0.6 is 15.9 Å². The smallest absolute Gasteiger partial charge is 0.262 e. The van der Waals surface area contributed by atoms with Crippen molar-refractivity contribution in [3.8, 4) is 17.0 Å². The highest BCUT2D eigenvalue weighted by Gasteiger charge is 2.14. The van der Waals surface area contributed by atoms with Crippen molar-refractivity contribution in [2.75, 3.05) is 13.6 Å². The minimum Gasteiger partial charge on any atom is -0.493 e. The Hall–Kier alpha value is -1.66. The van der Waals surface area contributed by atoms with Crippen LogP contribution in [0.1, 0.15) is 5.82 Å². The molecule has 0 atom stereocenters. The fraction of sp³-hybridized carbons (Fsp3) is 0.231. The number of nitrogens with one attached hydrogen (secondary N) is 2. The van der Waals surface area contributed by atoms with Gasteiger partial charge in [-0.3, -0.25) is 4.79 Å². The van der Waals surface area contributed by atoms with Gasteiger partial charge in [0, 0.05) is 23.0 Å². The number of hydrogen-bond donors (Lipinski definition) is 3. The molecule has 100 valence electrons. The van der Waals surface area contributed by atoms with Gasteiger partial charge in [-0.25, -0.2) is 0 Å². The molecule has 1 aromatic carbocycles. The molecule has 0 saturated carbocycles. The second-order valence-corrected chi connectivity index (χ2v) is 4.90. The molecule has 5 nitrogen and oxygen atoms in total. The third-order valence-corrected chi connectivity index (χ3v) is 3.40. The number of aromatic nitrogens is 2. The SMILES string of the molecule is CNCCc1nc(O)c(-c2ccccc2Br)c(=O)[nH]1. The van der Waals surface area contributed by atoms with Crippen molar-refractivity contribution < 1.29 is 5.11 Å². The molecule has 2 rings (SSSR count). The predicted octanol–water partition coefficient (Wildman–Crippen LogP) is 1.67. The summed E-state index contributed by atoms with van der Waals surface area (Å²) in [6, 6.07) is 7.20. The van der Waals surface area contributed by atoms with E-state index in [0.29, 0.717) is 24.4 Å². The Morgan fingerprint density at radius 1 is 1.42 bits per heavy atom. The summed E-state index contributed by atoms with van der Waals surface area (Å²) in [5, 5.41) is 12.9. The lowest BCUT2D eigenvalue weighted by atomic mass is 10.1. The quantitative estimate of drug-likeness (QED) is 0.799. The lowest BCUT2D eigenvalue weighted by Crippen LogP contribution is -2.18. The maximum atomic E-state index is 12.1. The van der Waals surface area contributed by atoms with Crippen molar-refractivity contribution in [1.29, 1.82) is 0 Å². The van der Waals surface area contributed by atoms with Crippen LogP contribution in [0.2, 0.25) is 0 Å². The van der Waals surface area contributed by atoms with Crippen LogP contribution in [0, 0.1) is 0 Å². The summed E-state index contributed by atoms with van der Waals surface area (Å²) >= 11 is 3.36. The number of halogens is 1. The molecule has 0 radical (unpaired) electrons. The number of nitrogens with zero attached hydrogens (tertiary/aromatic N) is 1. The van der Waals surface area contributed by atoms with Gasteiger partial charge in [-0.05, 0) is 13.1 Å². The van der Waals surface area contributed by atoms with Crippen LogP contribution in [0.5, 0.6) is 5.88 Å². The van der Waals surface area contributed by atoms with Crippen LogP contribution in [0.3, 0.4) is 0 Å². The van der Waals surface area contributed by atoms with Crippen molar-refractivity contribution >= 4 is 15.9 Å². The zero-order valence-corrected chi connectivity index (χ0v) is 12.0. The van der Waals surface area contributed by atoms with E-state index in [4.69, 9.17) is 0 Å². The molecular weight excluding hydrogens is 310 g/mol. The highest BCUT2D eigenvalue weighted by molar-refractivity contribution is 9.10. The van der Waals surface area contributed by atoms with E-state index >= 15 is 0 Å². The molecule has 6 heteroatoms. The Morgan fingerprint density at radius 3 is 2.79 bits per heavy atom. The molecule has 0 aliphatic carbocycles. The standard InChI is InChI=1S/C13H14BrN3O2/c1-15-7-6-10-16-12(18)11(13(19)17-10)8-4-2-3-5-9(8)14/h2-5,15H,6-7H2,1H3,(H2,16,17,18,19). The van der Waals surface area contributed by atoms with Gasteiger partial charge in [0.15, 0.2) is 0 Å². The first kappa shape index (κ1) is 13.8. The summed E-state index contributed by atoms with van der Waals surface area (Å²) in [5.41, 5.74) is 0.458. The van der Waals surface area contributed by atoms with Gasteiger partial charge < -0.3 is 15.4 Å². The highest BCUT2D eigenvalue weighted by Crippen LogP contribution is 2.29. The van der Waals surface area contributed by atoms with E-state index in [1.807, 2.05) is 19.2 Å². The maximum Gasteiger partial charge on any atom is 0.262 e. The first-order valence-electron chi connectivity index (χ1n) is 5.85. The van der Waals surface area contributed by atoms with Crippen molar-refractivity contribution in [3.05, 3.63) is 44.9 Å². The molecule has 0 aliphatic rings. The van der Waals surface area contributed by atoms with Crippen molar-refractivity contribution in [2.24, 2.45) is 0 Å². The largest absolute Gasteiger partial charge is 0.493 e. The number of aromatic hydroxyl groups is 1. The Morgan fingerprint density at radius 2 is 2.16 bits per heavy atom. The third kappa shape index (κ3) is 3.02. The number of rotatable bonds is 4. The van der Waals surface area contributed by atoms with E-state index in [9.17, 15) is 9.90 Å². The number of H-pyrrole nitrogens is 1. The summed E-state index contributed by atoms with van der Waals surface area (Å²) in [6.07, 6.45) is 0.551. The van der Waals surface area contributed by atoms with Gasteiger partial charge in [-0.2, -0.15) is 4.98 Å². The normalized spacial score (nSPS) is 10.6. The molecule has 0 unspecified atom stereocenters. The molecule has 0 amide bonds. The van der Waals surface area contributed by atoms with Crippen molar-refractivity contribution in [1.82, 2.24) is 15.3 Å². The Kier molecular flexibility index (Phi) is 4.34. The second kappa shape index (κ2) is 5.99. The summed E-state index contributed by atoms with van der Waals surface area (Å²) in [5.74, 6) is 0.217. The Labute approximate surface area is 118 Å². The van der Waals surface area contributed by atoms with Crippen LogP contribution in [-0.4, -0.2) is 28.7 Å². The molecule has 1 aromatic heterocycles. The monoisotopic (exact) mass is 323 g/mol. The third-order valence-electron chi connectivity index (χ3n) is 2.70. The van der Waals surface area contributed by atoms with E-state index in [2.05, 4.69) is 31.2 Å². The average Bonchev–Trinajstić information content (AvgIpc) is 2.38. The Balaban J connectivity index is 2.49. The van der Waals surface area contributed by atoms with E-state index in [0.717, 1.165) is 4.47 Å². The Bertz CT molecular complexity index is 640. The van der Waals surface area contributed by atoms with E-state index in [-0.39, 0.29) is 17.0 Å². The molecular formula is C13H14BrN3O2. The highest BCUT2D eigenvalue weighted by atomic mass is 79.9. The molecule has 0 saturated heterocycles. The van der Waals surface area contributed by atoms with Crippen molar-refractivity contribution in [3.63, 3.8) is 0 Å². The molecule has 0 bridgehead atoms. The molecule has 3 N–H and O–H groups in total. The zero-order valence-electron chi connectivity index (χ0n) is 10.4. The number of hydrogen-bond acceptors (Lipinski definition) is 4. The minimum absolute atomic E-state index is 0.181. The van der Waals surface area contributed by atoms with E-state index < -0.39 is 0 Å².